The van der Waals surface area contributed by atoms with E-state index in [2.05, 4.69) is 17.6 Å². The van der Waals surface area contributed by atoms with Crippen LogP contribution in [-0.2, 0) is 4.79 Å². The molecule has 116 valence electrons. The minimum absolute atomic E-state index is 0.0789. The molecule has 0 aromatic rings. The van der Waals surface area contributed by atoms with Gasteiger partial charge in [-0.05, 0) is 24.7 Å². The first-order valence-corrected chi connectivity index (χ1v) is 7.75. The molecular weight excluding hydrogens is 256 g/mol. The van der Waals surface area contributed by atoms with Crippen molar-refractivity contribution >= 4 is 12.0 Å². The second-order valence-corrected chi connectivity index (χ2v) is 6.04. The van der Waals surface area contributed by atoms with E-state index in [1.54, 1.807) is 0 Å². The lowest BCUT2D eigenvalue weighted by Gasteiger charge is -2.25. The van der Waals surface area contributed by atoms with Crippen molar-refractivity contribution in [3.8, 4) is 0 Å². The van der Waals surface area contributed by atoms with E-state index in [0.717, 1.165) is 25.7 Å². The van der Waals surface area contributed by atoms with Gasteiger partial charge >= 0.3 is 12.0 Å². The molecule has 0 bridgehead atoms. The van der Waals surface area contributed by atoms with Crippen molar-refractivity contribution in [3.63, 3.8) is 0 Å². The quantitative estimate of drug-likeness (QED) is 0.679. The molecular formula is C15H28N2O3. The molecule has 2 unspecified atom stereocenters. The maximum Gasteiger partial charge on any atom is 0.326 e. The molecule has 0 heterocycles. The summed E-state index contributed by atoms with van der Waals surface area (Å²) in [4.78, 5) is 23.2. The minimum atomic E-state index is -0.969. The Morgan fingerprint density at radius 3 is 2.50 bits per heavy atom. The predicted molar refractivity (Wildman–Crippen MR) is 78.6 cm³/mol. The van der Waals surface area contributed by atoms with Gasteiger partial charge in [-0.15, -0.1) is 0 Å². The lowest BCUT2D eigenvalue weighted by atomic mass is 9.97. The number of amides is 2. The highest BCUT2D eigenvalue weighted by Gasteiger charge is 2.27. The second-order valence-electron chi connectivity index (χ2n) is 6.04. The van der Waals surface area contributed by atoms with Gasteiger partial charge in [0.15, 0.2) is 0 Å². The van der Waals surface area contributed by atoms with E-state index in [1.165, 1.54) is 12.8 Å². The average molecular weight is 284 g/mol. The zero-order valence-corrected chi connectivity index (χ0v) is 12.8. The molecule has 0 aromatic carbocycles. The van der Waals surface area contributed by atoms with Gasteiger partial charge in [-0.25, -0.2) is 9.59 Å². The summed E-state index contributed by atoms with van der Waals surface area (Å²) in [5.41, 5.74) is 0. The monoisotopic (exact) mass is 284 g/mol. The molecule has 0 spiro atoms. The van der Waals surface area contributed by atoms with Gasteiger partial charge in [0.05, 0.1) is 0 Å². The maximum absolute atomic E-state index is 12.0. The normalized spacial score (nSPS) is 26.1. The molecule has 0 aromatic heterocycles. The van der Waals surface area contributed by atoms with Gasteiger partial charge in [0, 0.05) is 6.04 Å². The highest BCUT2D eigenvalue weighted by molar-refractivity contribution is 5.82. The van der Waals surface area contributed by atoms with Crippen molar-refractivity contribution in [1.29, 1.82) is 0 Å². The van der Waals surface area contributed by atoms with Gasteiger partial charge in [-0.2, -0.15) is 0 Å². The van der Waals surface area contributed by atoms with Crippen LogP contribution >= 0.6 is 0 Å². The summed E-state index contributed by atoms with van der Waals surface area (Å²) in [5.74, 6) is -0.594. The summed E-state index contributed by atoms with van der Waals surface area (Å²) in [6.45, 7) is 5.92. The first-order valence-electron chi connectivity index (χ1n) is 7.75. The van der Waals surface area contributed by atoms with E-state index in [1.807, 2.05) is 13.8 Å². The number of hydrogen-bond donors (Lipinski definition) is 3. The van der Waals surface area contributed by atoms with Crippen molar-refractivity contribution in [2.24, 2.45) is 11.8 Å². The number of hydrogen-bond acceptors (Lipinski definition) is 2. The van der Waals surface area contributed by atoms with Crippen LogP contribution < -0.4 is 10.6 Å². The standard InChI is InChI=1S/C15H28N2O3/c1-4-10(2)13(14(18)19)17-15(20)16-12-9-7-5-6-8-11(12)3/h10-13H,4-9H2,1-3H3,(H,18,19)(H2,16,17,20)/t10-,11?,12?,13-/m0/s1. The Bertz CT molecular complexity index is 333. The Balaban J connectivity index is 2.54. The smallest absolute Gasteiger partial charge is 0.326 e. The molecule has 1 aliphatic rings. The third kappa shape index (κ3) is 5.02. The fourth-order valence-corrected chi connectivity index (χ4v) is 2.74. The van der Waals surface area contributed by atoms with Crippen LogP contribution in [0.3, 0.4) is 0 Å². The van der Waals surface area contributed by atoms with Gasteiger partial charge in [0.1, 0.15) is 6.04 Å². The van der Waals surface area contributed by atoms with Crippen molar-refractivity contribution in [1.82, 2.24) is 10.6 Å². The molecule has 0 saturated heterocycles. The van der Waals surface area contributed by atoms with Crippen molar-refractivity contribution in [2.75, 3.05) is 0 Å². The third-order valence-electron chi connectivity index (χ3n) is 4.44. The molecule has 1 rings (SSSR count). The number of nitrogens with one attached hydrogen (secondary N) is 2. The number of carboxylic acids is 1. The lowest BCUT2D eigenvalue weighted by molar-refractivity contribution is -0.140. The van der Waals surface area contributed by atoms with Crippen LogP contribution in [0.4, 0.5) is 4.79 Å². The summed E-state index contributed by atoms with van der Waals surface area (Å²) in [6, 6.07) is -1.01. The molecule has 4 atom stereocenters. The predicted octanol–water partition coefficient (Wildman–Crippen LogP) is 2.75. The van der Waals surface area contributed by atoms with Crippen LogP contribution in [0.5, 0.6) is 0 Å². The Morgan fingerprint density at radius 1 is 1.25 bits per heavy atom. The maximum atomic E-state index is 12.0. The van der Waals surface area contributed by atoms with Gasteiger partial charge in [0.25, 0.3) is 0 Å². The number of rotatable bonds is 5. The van der Waals surface area contributed by atoms with E-state index in [0.29, 0.717) is 5.92 Å². The Morgan fingerprint density at radius 2 is 1.90 bits per heavy atom. The largest absolute Gasteiger partial charge is 0.480 e. The molecule has 0 radical (unpaired) electrons. The van der Waals surface area contributed by atoms with Gasteiger partial charge in [-0.1, -0.05) is 46.5 Å². The summed E-state index contributed by atoms with van der Waals surface area (Å²) < 4.78 is 0. The Labute approximate surface area is 121 Å². The van der Waals surface area contributed by atoms with Crippen LogP contribution in [0.2, 0.25) is 0 Å². The minimum Gasteiger partial charge on any atom is -0.480 e. The van der Waals surface area contributed by atoms with Crippen LogP contribution in [0, 0.1) is 11.8 Å². The summed E-state index contributed by atoms with van der Waals surface area (Å²) in [6.07, 6.45) is 6.38. The Hall–Kier alpha value is -1.26. The molecule has 5 heteroatoms. The molecule has 1 saturated carbocycles. The fraction of sp³-hybridized carbons (Fsp3) is 0.867. The third-order valence-corrected chi connectivity index (χ3v) is 4.44. The van der Waals surface area contributed by atoms with Crippen LogP contribution in [-0.4, -0.2) is 29.2 Å². The van der Waals surface area contributed by atoms with Gasteiger partial charge in [0.2, 0.25) is 0 Å². The van der Waals surface area contributed by atoms with Crippen LogP contribution in [0.25, 0.3) is 0 Å². The molecule has 0 aliphatic heterocycles. The van der Waals surface area contributed by atoms with Crippen molar-refractivity contribution < 1.29 is 14.7 Å². The highest BCUT2D eigenvalue weighted by Crippen LogP contribution is 2.22. The zero-order valence-electron chi connectivity index (χ0n) is 12.8. The summed E-state index contributed by atoms with van der Waals surface area (Å²) >= 11 is 0. The molecule has 3 N–H and O–H groups in total. The molecule has 5 nitrogen and oxygen atoms in total. The van der Waals surface area contributed by atoms with Crippen molar-refractivity contribution in [3.05, 3.63) is 0 Å². The van der Waals surface area contributed by atoms with E-state index in [4.69, 9.17) is 0 Å². The number of aliphatic carboxylic acids is 1. The fourth-order valence-electron chi connectivity index (χ4n) is 2.74. The van der Waals surface area contributed by atoms with E-state index in [-0.39, 0.29) is 18.0 Å². The topological polar surface area (TPSA) is 78.4 Å². The zero-order chi connectivity index (χ0) is 15.1. The van der Waals surface area contributed by atoms with Crippen LogP contribution in [0.1, 0.15) is 59.3 Å². The second kappa shape index (κ2) is 8.12. The van der Waals surface area contributed by atoms with Gasteiger partial charge in [-0.3, -0.25) is 0 Å². The van der Waals surface area contributed by atoms with Crippen molar-refractivity contribution in [2.45, 2.75) is 71.4 Å². The number of urea groups is 1. The van der Waals surface area contributed by atoms with Gasteiger partial charge < -0.3 is 15.7 Å². The summed E-state index contributed by atoms with van der Waals surface area (Å²) in [5, 5.41) is 14.7. The molecule has 20 heavy (non-hydrogen) atoms. The van der Waals surface area contributed by atoms with E-state index in [9.17, 15) is 14.7 Å². The number of carbonyl (C=O) groups excluding carboxylic acids is 1. The first kappa shape index (κ1) is 16.8. The SMILES string of the molecule is CC[C@H](C)[C@H](NC(=O)NC1CCCCCC1C)C(=O)O. The number of carboxylic acid groups (broad SMARTS) is 1. The Kier molecular flexibility index (Phi) is 6.82. The summed E-state index contributed by atoms with van der Waals surface area (Å²) in [7, 11) is 0. The molecule has 1 fully saturated rings. The number of carbonyl (C=O) groups is 2. The lowest BCUT2D eigenvalue weighted by Crippen LogP contribution is -2.52. The van der Waals surface area contributed by atoms with Crippen LogP contribution in [0.15, 0.2) is 0 Å². The molecule has 1 aliphatic carbocycles. The van der Waals surface area contributed by atoms with E-state index >= 15 is 0 Å². The average Bonchev–Trinajstić information content (AvgIpc) is 2.60. The molecule has 2 amide bonds. The first-order chi connectivity index (χ1) is 9.45. The highest BCUT2D eigenvalue weighted by atomic mass is 16.4. The van der Waals surface area contributed by atoms with E-state index < -0.39 is 12.0 Å².